The fourth-order valence-corrected chi connectivity index (χ4v) is 0. The molecule has 0 unspecified atom stereocenters. The van der Waals surface area contributed by atoms with Crippen LogP contribution in [0.4, 0.5) is 0 Å². The van der Waals surface area contributed by atoms with Crippen LogP contribution in [0.15, 0.2) is 14.2 Å². The molecule has 3 nitrogen and oxygen atoms in total. The smallest absolute Gasteiger partial charge is 0 e. The van der Waals surface area contributed by atoms with Crippen LogP contribution in [0.25, 0.3) is 0 Å². The van der Waals surface area contributed by atoms with Gasteiger partial charge in [-0.15, -0.1) is 0 Å². The van der Waals surface area contributed by atoms with E-state index in [1.807, 2.05) is 0 Å². The molecule has 1 aromatic heterocycles. The van der Waals surface area contributed by atoms with Crippen LogP contribution in [-0.2, 0) is 0 Å². The third-order valence-electron chi connectivity index (χ3n) is 0.0680. The molecule has 0 radical (unpaired) electrons. The van der Waals surface area contributed by atoms with Crippen LogP contribution in [0.3, 0.4) is 0 Å². The van der Waals surface area contributed by atoms with Crippen molar-refractivity contribution in [2.75, 3.05) is 0 Å². The van der Waals surface area contributed by atoms with Crippen LogP contribution in [0.1, 0.15) is 0 Å². The van der Waals surface area contributed by atoms with Gasteiger partial charge in [0.15, 0.2) is 0 Å². The molecule has 0 aliphatic carbocycles. The van der Waals surface area contributed by atoms with E-state index < -0.39 is 0 Å². The summed E-state index contributed by atoms with van der Waals surface area (Å²) < 4.78 is 10.5. The summed E-state index contributed by atoms with van der Waals surface area (Å²) in [5.41, 5.74) is 0. The molecule has 1 rings (SSSR count). The zero-order valence-corrected chi connectivity index (χ0v) is 1.22. The summed E-state index contributed by atoms with van der Waals surface area (Å²) in [4.78, 5) is 0. The largest absolute Gasteiger partial charge is 0 e. The summed E-state index contributed by atoms with van der Waals surface area (Å²) in [6, 6.07) is 0. The maximum Gasteiger partial charge on any atom is 0 e. The predicted octanol–water partition coefficient (Wildman–Crippen LogP) is -0.183. The third-order valence-corrected chi connectivity index (χ3v) is 0.0680. The van der Waals surface area contributed by atoms with Gasteiger partial charge in [0.25, 0.3) is 0 Å². The second-order valence-corrected chi connectivity index (χ2v) is 0.204. The van der Waals surface area contributed by atoms with E-state index in [9.17, 15) is 0 Å². The first-order valence-corrected chi connectivity index (χ1v) is 0.500. The quantitative estimate of drug-likeness (QED) is 0.315. The van der Waals surface area contributed by atoms with Crippen molar-refractivity contribution in [1.29, 1.82) is 0 Å². The summed E-state index contributed by atoms with van der Waals surface area (Å²) in [5, 5.41) is 0. The van der Waals surface area contributed by atoms with E-state index in [1.54, 1.807) is 0 Å². The van der Waals surface area contributed by atoms with E-state index in [-0.39, 0.29) is 29.6 Å². The molecule has 4 heteroatoms. The first-order valence-electron chi connectivity index (χ1n) is 0.500. The molecule has 0 N–H and O–H groups in total. The molecular weight excluding hydrogens is 71.0 g/mol. The summed E-state index contributed by atoms with van der Waals surface area (Å²) in [6.45, 7) is 0. The molecule has 0 saturated carbocycles. The average Bonchev–Trinajstić information content (AvgIpc) is 1.46. The van der Waals surface area contributed by atoms with Crippen LogP contribution >= 0.6 is 0 Å². The minimum atomic E-state index is 0. The summed E-state index contributed by atoms with van der Waals surface area (Å²) in [6.07, 6.45) is 0. The molecule has 0 bridgehead atoms. The predicted molar refractivity (Wildman–Crippen MR) is 10.4 cm³/mol. The SMILES string of the molecule is [NaH].o1oo1. The molecule has 0 aliphatic rings. The Labute approximate surface area is 44.0 Å². The van der Waals surface area contributed by atoms with Crippen molar-refractivity contribution in [3.8, 4) is 0 Å². The molecule has 0 aliphatic heterocycles. The van der Waals surface area contributed by atoms with Crippen LogP contribution in [0.5, 0.6) is 0 Å². The van der Waals surface area contributed by atoms with Gasteiger partial charge in [0.1, 0.15) is 0 Å². The molecule has 1 aromatic rings. The molecule has 1 heterocycles. The molecule has 0 aromatic carbocycles. The Hall–Kier alpha value is 0.400. The number of hydrogen-bond acceptors (Lipinski definition) is 3. The van der Waals surface area contributed by atoms with E-state index in [0.717, 1.165) is 0 Å². The zero-order chi connectivity index (χ0) is 2.12. The first kappa shape index (κ1) is 4.40. The van der Waals surface area contributed by atoms with Gasteiger partial charge >= 0.3 is 29.6 Å². The molecular formula is HNaO3. The Morgan fingerprint density at radius 1 is 0.750 bits per heavy atom. The zero-order valence-electron chi connectivity index (χ0n) is 1.22. The molecule has 4 heavy (non-hydrogen) atoms. The van der Waals surface area contributed by atoms with Gasteiger partial charge in [0, 0.05) is 14.2 Å². The standard InChI is InChI=1S/Na.O3.H/c;1-2-3-1;. The molecule has 0 amide bonds. The Bertz CT molecular complexity index is 31.4. The number of rotatable bonds is 0. The molecule has 0 saturated heterocycles. The van der Waals surface area contributed by atoms with Crippen LogP contribution < -0.4 is 0 Å². The molecule has 20 valence electrons. The Kier molecular flexibility index (Phi) is 1.86. The maximum absolute atomic E-state index is 3.50. The van der Waals surface area contributed by atoms with Gasteiger partial charge in [-0.05, 0) is 0 Å². The van der Waals surface area contributed by atoms with Gasteiger partial charge in [-0.25, -0.2) is 0 Å². The average molecular weight is 72.0 g/mol. The van der Waals surface area contributed by atoms with Crippen LogP contribution in [-0.4, -0.2) is 29.6 Å². The van der Waals surface area contributed by atoms with Gasteiger partial charge in [-0.2, -0.15) is 0 Å². The van der Waals surface area contributed by atoms with Crippen LogP contribution in [0.2, 0.25) is 0 Å². The second-order valence-electron chi connectivity index (χ2n) is 0.204. The van der Waals surface area contributed by atoms with Gasteiger partial charge in [0.2, 0.25) is 0 Å². The van der Waals surface area contributed by atoms with Gasteiger partial charge in [-0.3, -0.25) is 0 Å². The minimum Gasteiger partial charge on any atom is 0 e. The van der Waals surface area contributed by atoms with E-state index >= 15 is 0 Å². The summed E-state index contributed by atoms with van der Waals surface area (Å²) >= 11 is 0. The fraction of sp³-hybridized carbons (Fsp3) is 0. The first-order chi connectivity index (χ1) is 1.50. The third kappa shape index (κ3) is 2.40. The second kappa shape index (κ2) is 1.69. The Balaban J connectivity index is 0.0000000900. The van der Waals surface area contributed by atoms with Crippen molar-refractivity contribution < 1.29 is 14.2 Å². The van der Waals surface area contributed by atoms with E-state index in [4.69, 9.17) is 0 Å². The Morgan fingerprint density at radius 3 is 1.00 bits per heavy atom. The van der Waals surface area contributed by atoms with Crippen LogP contribution in [0, 0.1) is 0 Å². The minimum absolute atomic E-state index is 0. The van der Waals surface area contributed by atoms with E-state index in [0.29, 0.717) is 0 Å². The van der Waals surface area contributed by atoms with E-state index in [1.165, 1.54) is 0 Å². The summed E-state index contributed by atoms with van der Waals surface area (Å²) in [7, 11) is 0. The topological polar surface area (TPSA) is 39.4 Å². The summed E-state index contributed by atoms with van der Waals surface area (Å²) in [5.74, 6) is 0. The monoisotopic (exact) mass is 72.0 g/mol. The van der Waals surface area contributed by atoms with Gasteiger partial charge in [-0.1, -0.05) is 0 Å². The van der Waals surface area contributed by atoms with Crippen molar-refractivity contribution in [2.24, 2.45) is 0 Å². The van der Waals surface area contributed by atoms with Crippen molar-refractivity contribution >= 4 is 29.6 Å². The normalized spacial score (nSPS) is 6.00. The molecule has 0 atom stereocenters. The van der Waals surface area contributed by atoms with Crippen molar-refractivity contribution in [3.63, 3.8) is 0 Å². The molecule has 0 spiro atoms. The van der Waals surface area contributed by atoms with Crippen molar-refractivity contribution in [1.82, 2.24) is 0 Å². The van der Waals surface area contributed by atoms with E-state index in [2.05, 4.69) is 14.2 Å². The van der Waals surface area contributed by atoms with Crippen molar-refractivity contribution in [3.05, 3.63) is 0 Å². The maximum atomic E-state index is 3.50. The number of hydrogen-bond donors (Lipinski definition) is 0. The fourth-order valence-electron chi connectivity index (χ4n) is 0. The molecule has 0 fully saturated rings. The van der Waals surface area contributed by atoms with Gasteiger partial charge in [0.05, 0.1) is 0 Å². The Morgan fingerprint density at radius 2 is 1.00 bits per heavy atom. The van der Waals surface area contributed by atoms with Gasteiger partial charge < -0.3 is 0 Å². The van der Waals surface area contributed by atoms with Crippen molar-refractivity contribution in [2.45, 2.75) is 0 Å².